The van der Waals surface area contributed by atoms with E-state index in [1.807, 2.05) is 62.4 Å². The molecule has 0 spiro atoms. The van der Waals surface area contributed by atoms with Crippen molar-refractivity contribution in [2.24, 2.45) is 0 Å². The summed E-state index contributed by atoms with van der Waals surface area (Å²) in [6.07, 6.45) is 0. The molecule has 6 nitrogen and oxygen atoms in total. The number of aryl methyl sites for hydroxylation is 1. The largest absolute Gasteiger partial charge is 0.494 e. The molecule has 1 heterocycles. The maximum Gasteiger partial charge on any atom is 0.229 e. The number of nitriles is 1. The number of rotatable bonds is 6. The van der Waals surface area contributed by atoms with Crippen molar-refractivity contribution >= 4 is 23.1 Å². The van der Waals surface area contributed by atoms with Crippen molar-refractivity contribution in [2.75, 3.05) is 17.2 Å². The van der Waals surface area contributed by atoms with E-state index in [2.05, 4.69) is 26.7 Å². The van der Waals surface area contributed by atoms with E-state index in [1.54, 1.807) is 6.07 Å². The zero-order valence-corrected chi connectivity index (χ0v) is 14.7. The van der Waals surface area contributed by atoms with Gasteiger partial charge in [0.1, 0.15) is 17.6 Å². The van der Waals surface area contributed by atoms with Crippen LogP contribution in [0.1, 0.15) is 18.2 Å². The average molecular weight is 345 g/mol. The zero-order valence-electron chi connectivity index (χ0n) is 14.7. The first kappa shape index (κ1) is 17.2. The molecule has 130 valence electrons. The number of hydrogen-bond acceptors (Lipinski definition) is 6. The Morgan fingerprint density at radius 2 is 1.81 bits per heavy atom. The SMILES string of the molecule is CCOc1ccc(Nc2cc(C)nc(Nc3ccccc3C#N)n2)cc1. The Balaban J connectivity index is 1.80. The molecule has 1 aromatic heterocycles. The van der Waals surface area contributed by atoms with Crippen molar-refractivity contribution in [3.05, 3.63) is 65.9 Å². The molecular weight excluding hydrogens is 326 g/mol. The summed E-state index contributed by atoms with van der Waals surface area (Å²) in [5, 5.41) is 15.6. The number of ether oxygens (including phenoxy) is 1. The normalized spacial score (nSPS) is 10.0. The number of para-hydroxylation sites is 1. The van der Waals surface area contributed by atoms with Gasteiger partial charge in [-0.2, -0.15) is 10.2 Å². The first-order chi connectivity index (χ1) is 12.7. The monoisotopic (exact) mass is 345 g/mol. The molecule has 0 amide bonds. The van der Waals surface area contributed by atoms with Crippen molar-refractivity contribution in [1.29, 1.82) is 5.26 Å². The van der Waals surface area contributed by atoms with E-state index in [0.29, 0.717) is 29.6 Å². The van der Waals surface area contributed by atoms with Gasteiger partial charge >= 0.3 is 0 Å². The predicted molar refractivity (Wildman–Crippen MR) is 102 cm³/mol. The van der Waals surface area contributed by atoms with Gasteiger partial charge < -0.3 is 15.4 Å². The van der Waals surface area contributed by atoms with Crippen LogP contribution in [0.3, 0.4) is 0 Å². The molecule has 2 N–H and O–H groups in total. The molecule has 0 bridgehead atoms. The molecule has 0 fully saturated rings. The van der Waals surface area contributed by atoms with E-state index in [-0.39, 0.29) is 0 Å². The van der Waals surface area contributed by atoms with Crippen LogP contribution in [0, 0.1) is 18.3 Å². The Kier molecular flexibility index (Phi) is 5.30. The Labute approximate surface area is 152 Å². The topological polar surface area (TPSA) is 82.9 Å². The molecule has 0 saturated carbocycles. The molecule has 0 atom stereocenters. The second-order valence-electron chi connectivity index (χ2n) is 5.58. The minimum absolute atomic E-state index is 0.432. The summed E-state index contributed by atoms with van der Waals surface area (Å²) >= 11 is 0. The standard InChI is InChI=1S/C20H19N5O/c1-3-26-17-10-8-16(9-11-17)23-19-12-14(2)22-20(25-19)24-18-7-5-4-6-15(18)13-21/h4-12H,3H2,1-2H3,(H2,22,23,24,25). The summed E-state index contributed by atoms with van der Waals surface area (Å²) in [6.45, 7) is 4.48. The fourth-order valence-corrected chi connectivity index (χ4v) is 2.45. The summed E-state index contributed by atoms with van der Waals surface area (Å²) in [5.74, 6) is 1.92. The van der Waals surface area contributed by atoms with Crippen molar-refractivity contribution in [1.82, 2.24) is 9.97 Å². The number of nitrogens with zero attached hydrogens (tertiary/aromatic N) is 3. The van der Waals surface area contributed by atoms with Gasteiger partial charge in [0, 0.05) is 17.4 Å². The average Bonchev–Trinajstić information content (AvgIpc) is 2.63. The molecular formula is C20H19N5O. The van der Waals surface area contributed by atoms with Gasteiger partial charge in [-0.1, -0.05) is 12.1 Å². The maximum absolute atomic E-state index is 9.21. The van der Waals surface area contributed by atoms with Crippen LogP contribution < -0.4 is 15.4 Å². The van der Waals surface area contributed by atoms with Gasteiger partial charge in [-0.05, 0) is 50.2 Å². The third kappa shape index (κ3) is 4.28. The lowest BCUT2D eigenvalue weighted by Gasteiger charge is -2.11. The van der Waals surface area contributed by atoms with Crippen LogP contribution in [0.2, 0.25) is 0 Å². The van der Waals surface area contributed by atoms with Gasteiger partial charge in [0.05, 0.1) is 17.9 Å². The molecule has 3 aromatic rings. The molecule has 0 aliphatic rings. The van der Waals surface area contributed by atoms with Crippen LogP contribution in [-0.4, -0.2) is 16.6 Å². The van der Waals surface area contributed by atoms with Gasteiger partial charge in [-0.3, -0.25) is 0 Å². The predicted octanol–water partition coefficient (Wildman–Crippen LogP) is 4.54. The van der Waals surface area contributed by atoms with Gasteiger partial charge in [0.2, 0.25) is 5.95 Å². The second kappa shape index (κ2) is 7.99. The van der Waals surface area contributed by atoms with E-state index in [1.165, 1.54) is 0 Å². The number of nitrogens with one attached hydrogen (secondary N) is 2. The van der Waals surface area contributed by atoms with Crippen LogP contribution in [0.15, 0.2) is 54.6 Å². The Morgan fingerprint density at radius 3 is 2.54 bits per heavy atom. The summed E-state index contributed by atoms with van der Waals surface area (Å²) in [7, 11) is 0. The lowest BCUT2D eigenvalue weighted by atomic mass is 10.2. The third-order valence-electron chi connectivity index (χ3n) is 3.59. The van der Waals surface area contributed by atoms with E-state index in [4.69, 9.17) is 4.74 Å². The maximum atomic E-state index is 9.21. The third-order valence-corrected chi connectivity index (χ3v) is 3.59. The van der Waals surface area contributed by atoms with Crippen molar-refractivity contribution < 1.29 is 4.74 Å². The Hall–Kier alpha value is -3.59. The molecule has 26 heavy (non-hydrogen) atoms. The molecule has 0 aliphatic carbocycles. The fraction of sp³-hybridized carbons (Fsp3) is 0.150. The molecule has 0 unspecified atom stereocenters. The summed E-state index contributed by atoms with van der Waals surface area (Å²) in [6, 6.07) is 18.9. The highest BCUT2D eigenvalue weighted by atomic mass is 16.5. The highest BCUT2D eigenvalue weighted by Gasteiger charge is 2.06. The van der Waals surface area contributed by atoms with Crippen LogP contribution >= 0.6 is 0 Å². The van der Waals surface area contributed by atoms with Gasteiger partial charge in [0.25, 0.3) is 0 Å². The molecule has 0 radical (unpaired) electrons. The summed E-state index contributed by atoms with van der Waals surface area (Å²) < 4.78 is 5.45. The Bertz CT molecular complexity index is 932. The summed E-state index contributed by atoms with van der Waals surface area (Å²) in [4.78, 5) is 8.88. The lowest BCUT2D eigenvalue weighted by molar-refractivity contribution is 0.340. The van der Waals surface area contributed by atoms with Crippen LogP contribution in [0.4, 0.5) is 23.1 Å². The number of hydrogen-bond donors (Lipinski definition) is 2. The molecule has 0 aliphatic heterocycles. The van der Waals surface area contributed by atoms with Gasteiger partial charge in [-0.25, -0.2) is 4.98 Å². The number of aromatic nitrogens is 2. The van der Waals surface area contributed by atoms with Crippen LogP contribution in [-0.2, 0) is 0 Å². The van der Waals surface area contributed by atoms with Crippen LogP contribution in [0.25, 0.3) is 0 Å². The minimum atomic E-state index is 0.432. The van der Waals surface area contributed by atoms with Crippen molar-refractivity contribution in [3.8, 4) is 11.8 Å². The molecule has 3 rings (SSSR count). The zero-order chi connectivity index (χ0) is 18.4. The van der Waals surface area contributed by atoms with E-state index in [0.717, 1.165) is 17.1 Å². The molecule has 6 heteroatoms. The van der Waals surface area contributed by atoms with Crippen molar-refractivity contribution in [3.63, 3.8) is 0 Å². The van der Waals surface area contributed by atoms with Crippen molar-refractivity contribution in [2.45, 2.75) is 13.8 Å². The lowest BCUT2D eigenvalue weighted by Crippen LogP contribution is -2.03. The number of benzene rings is 2. The highest BCUT2D eigenvalue weighted by Crippen LogP contribution is 2.22. The summed E-state index contributed by atoms with van der Waals surface area (Å²) in [5.41, 5.74) is 2.92. The fourth-order valence-electron chi connectivity index (χ4n) is 2.45. The highest BCUT2D eigenvalue weighted by molar-refractivity contribution is 5.65. The first-order valence-corrected chi connectivity index (χ1v) is 8.29. The van der Waals surface area contributed by atoms with E-state index >= 15 is 0 Å². The van der Waals surface area contributed by atoms with Gasteiger partial charge in [-0.15, -0.1) is 0 Å². The van der Waals surface area contributed by atoms with Gasteiger partial charge in [0.15, 0.2) is 0 Å². The molecule has 2 aromatic carbocycles. The second-order valence-corrected chi connectivity index (χ2v) is 5.58. The minimum Gasteiger partial charge on any atom is -0.494 e. The van der Waals surface area contributed by atoms with E-state index < -0.39 is 0 Å². The van der Waals surface area contributed by atoms with Crippen LogP contribution in [0.5, 0.6) is 5.75 Å². The van der Waals surface area contributed by atoms with E-state index in [9.17, 15) is 5.26 Å². The quantitative estimate of drug-likeness (QED) is 0.682. The Morgan fingerprint density at radius 1 is 1.04 bits per heavy atom. The molecule has 0 saturated heterocycles. The first-order valence-electron chi connectivity index (χ1n) is 8.29. The number of anilines is 4. The smallest absolute Gasteiger partial charge is 0.229 e.